The smallest absolute Gasteiger partial charge is 0.0786 e. The number of hydrogen-bond acceptors (Lipinski definition) is 2. The fourth-order valence-electron chi connectivity index (χ4n) is 1.64. The van der Waals surface area contributed by atoms with Gasteiger partial charge in [-0.25, -0.2) is 0 Å². The molecule has 0 saturated carbocycles. The first-order chi connectivity index (χ1) is 7.51. The second-order valence-corrected chi connectivity index (χ2v) is 3.89. The zero-order valence-corrected chi connectivity index (χ0v) is 11.3. The summed E-state index contributed by atoms with van der Waals surface area (Å²) in [4.78, 5) is 9.14. The van der Waals surface area contributed by atoms with Gasteiger partial charge in [0.1, 0.15) is 0 Å². The van der Waals surface area contributed by atoms with Crippen LogP contribution in [0.2, 0.25) is 0 Å². The average Bonchev–Trinajstić information content (AvgIpc) is 2.32. The van der Waals surface area contributed by atoms with Gasteiger partial charge in [-0.15, -0.1) is 0 Å². The van der Waals surface area contributed by atoms with Crippen LogP contribution in [0.5, 0.6) is 0 Å². The van der Waals surface area contributed by atoms with Gasteiger partial charge in [-0.3, -0.25) is 0 Å². The Labute approximate surface area is 100 Å². The molecule has 3 nitrogen and oxygen atoms in total. The molecule has 0 spiro atoms. The highest BCUT2D eigenvalue weighted by Gasteiger charge is 2.18. The quantitative estimate of drug-likeness (QED) is 0.491. The Kier molecular flexibility index (Phi) is 11.7. The highest BCUT2D eigenvalue weighted by molar-refractivity contribution is 5.76. The SMILES string of the molecule is C=CC(=O)[O-].CCCC[N+](CC)(CC)CC. The van der Waals surface area contributed by atoms with Gasteiger partial charge in [0.15, 0.2) is 0 Å². The molecular formula is C13H27NO2. The summed E-state index contributed by atoms with van der Waals surface area (Å²) in [5.74, 6) is -1.23. The first-order valence-electron chi connectivity index (χ1n) is 6.20. The Morgan fingerprint density at radius 1 is 1.19 bits per heavy atom. The average molecular weight is 229 g/mol. The molecule has 0 fully saturated rings. The van der Waals surface area contributed by atoms with Crippen LogP contribution >= 0.6 is 0 Å². The van der Waals surface area contributed by atoms with Crippen molar-refractivity contribution in [1.29, 1.82) is 0 Å². The van der Waals surface area contributed by atoms with Gasteiger partial charge in [0, 0.05) is 0 Å². The zero-order valence-electron chi connectivity index (χ0n) is 11.3. The number of carboxylic acids is 1. The zero-order chi connectivity index (χ0) is 13.0. The summed E-state index contributed by atoms with van der Waals surface area (Å²) in [5.41, 5.74) is 0. The molecule has 0 aliphatic heterocycles. The van der Waals surface area contributed by atoms with Crippen LogP contribution in [0.25, 0.3) is 0 Å². The van der Waals surface area contributed by atoms with Crippen molar-refractivity contribution in [3.05, 3.63) is 12.7 Å². The molecule has 0 heterocycles. The van der Waals surface area contributed by atoms with E-state index in [1.165, 1.54) is 43.5 Å². The Balaban J connectivity index is 0. The maximum absolute atomic E-state index is 9.14. The van der Waals surface area contributed by atoms with Crippen LogP contribution in [-0.2, 0) is 4.79 Å². The normalized spacial score (nSPS) is 10.2. The second kappa shape index (κ2) is 10.7. The monoisotopic (exact) mass is 229 g/mol. The van der Waals surface area contributed by atoms with Crippen molar-refractivity contribution < 1.29 is 14.4 Å². The second-order valence-electron chi connectivity index (χ2n) is 3.89. The summed E-state index contributed by atoms with van der Waals surface area (Å²) in [5, 5.41) is 9.14. The maximum Gasteiger partial charge on any atom is 0.0786 e. The van der Waals surface area contributed by atoms with Crippen LogP contribution in [-0.4, -0.2) is 36.6 Å². The highest BCUT2D eigenvalue weighted by atomic mass is 16.4. The molecule has 0 aromatic heterocycles. The highest BCUT2D eigenvalue weighted by Crippen LogP contribution is 2.07. The van der Waals surface area contributed by atoms with Crippen molar-refractivity contribution >= 4 is 5.97 Å². The fourth-order valence-corrected chi connectivity index (χ4v) is 1.64. The molecule has 96 valence electrons. The number of nitrogens with zero attached hydrogens (tertiary/aromatic N) is 1. The lowest BCUT2D eigenvalue weighted by Gasteiger charge is -2.35. The van der Waals surface area contributed by atoms with Gasteiger partial charge < -0.3 is 14.4 Å². The van der Waals surface area contributed by atoms with Gasteiger partial charge in [-0.05, 0) is 33.3 Å². The van der Waals surface area contributed by atoms with Gasteiger partial charge in [-0.2, -0.15) is 0 Å². The molecule has 0 radical (unpaired) electrons. The molecular weight excluding hydrogens is 202 g/mol. The van der Waals surface area contributed by atoms with Crippen LogP contribution in [0.4, 0.5) is 0 Å². The summed E-state index contributed by atoms with van der Waals surface area (Å²) in [6.07, 6.45) is 3.44. The molecule has 0 aromatic rings. The topological polar surface area (TPSA) is 40.1 Å². The van der Waals surface area contributed by atoms with Crippen LogP contribution in [0.3, 0.4) is 0 Å². The number of carboxylic acid groups (broad SMARTS) is 1. The Hall–Kier alpha value is -0.830. The lowest BCUT2D eigenvalue weighted by atomic mass is 10.2. The van der Waals surface area contributed by atoms with Crippen molar-refractivity contribution in [1.82, 2.24) is 0 Å². The summed E-state index contributed by atoms with van der Waals surface area (Å²) in [7, 11) is 0. The number of hydrogen-bond donors (Lipinski definition) is 0. The van der Waals surface area contributed by atoms with Crippen molar-refractivity contribution in [2.24, 2.45) is 0 Å². The van der Waals surface area contributed by atoms with E-state index in [2.05, 4.69) is 34.3 Å². The van der Waals surface area contributed by atoms with Gasteiger partial charge in [-0.1, -0.05) is 19.9 Å². The van der Waals surface area contributed by atoms with Crippen molar-refractivity contribution in [3.8, 4) is 0 Å². The van der Waals surface area contributed by atoms with Crippen LogP contribution in [0.15, 0.2) is 12.7 Å². The molecule has 0 rings (SSSR count). The van der Waals surface area contributed by atoms with E-state index in [4.69, 9.17) is 9.90 Å². The van der Waals surface area contributed by atoms with Crippen LogP contribution in [0, 0.1) is 0 Å². The molecule has 0 atom stereocenters. The lowest BCUT2D eigenvalue weighted by molar-refractivity contribution is -0.923. The van der Waals surface area contributed by atoms with Gasteiger partial charge in [0.05, 0.1) is 32.1 Å². The minimum atomic E-state index is -1.23. The predicted molar refractivity (Wildman–Crippen MR) is 66.9 cm³/mol. The molecule has 16 heavy (non-hydrogen) atoms. The minimum absolute atomic E-state index is 0.722. The summed E-state index contributed by atoms with van der Waals surface area (Å²) in [6.45, 7) is 17.4. The maximum atomic E-state index is 9.14. The third-order valence-corrected chi connectivity index (χ3v) is 3.17. The molecule has 0 aliphatic rings. The van der Waals surface area contributed by atoms with E-state index < -0.39 is 5.97 Å². The van der Waals surface area contributed by atoms with E-state index in [9.17, 15) is 0 Å². The third kappa shape index (κ3) is 8.48. The molecule has 0 aliphatic carbocycles. The number of quaternary nitrogens is 1. The number of aliphatic carboxylic acids is 1. The molecule has 0 amide bonds. The lowest BCUT2D eigenvalue weighted by Crippen LogP contribution is -2.48. The van der Waals surface area contributed by atoms with Crippen LogP contribution < -0.4 is 5.11 Å². The van der Waals surface area contributed by atoms with Crippen molar-refractivity contribution in [2.75, 3.05) is 26.2 Å². The molecule has 0 unspecified atom stereocenters. The first-order valence-corrected chi connectivity index (χ1v) is 6.20. The van der Waals surface area contributed by atoms with E-state index in [1.807, 2.05) is 0 Å². The summed E-state index contributed by atoms with van der Waals surface area (Å²) in [6, 6.07) is 0. The number of unbranched alkanes of at least 4 members (excludes halogenated alkanes) is 1. The van der Waals surface area contributed by atoms with Crippen molar-refractivity contribution in [2.45, 2.75) is 40.5 Å². The van der Waals surface area contributed by atoms with Crippen molar-refractivity contribution in [3.63, 3.8) is 0 Å². The van der Waals surface area contributed by atoms with Gasteiger partial charge in [0.25, 0.3) is 0 Å². The van der Waals surface area contributed by atoms with E-state index in [-0.39, 0.29) is 0 Å². The standard InChI is InChI=1S/C10H24N.C3H4O2/c1-5-9-10-11(6-2,7-3)8-4;1-2-3(4)5/h5-10H2,1-4H3;2H,1H2,(H,4,5)/q+1;/p-1. The van der Waals surface area contributed by atoms with Gasteiger partial charge in [0.2, 0.25) is 0 Å². The largest absolute Gasteiger partial charge is 0.545 e. The summed E-state index contributed by atoms with van der Waals surface area (Å²) >= 11 is 0. The predicted octanol–water partition coefficient (Wildman–Crippen LogP) is 1.59. The fraction of sp³-hybridized carbons (Fsp3) is 0.769. The van der Waals surface area contributed by atoms with E-state index >= 15 is 0 Å². The Bertz CT molecular complexity index is 178. The van der Waals surface area contributed by atoms with E-state index in [0.717, 1.165) is 6.08 Å². The molecule has 0 N–H and O–H groups in total. The van der Waals surface area contributed by atoms with Gasteiger partial charge >= 0.3 is 0 Å². The molecule has 0 bridgehead atoms. The van der Waals surface area contributed by atoms with E-state index in [0.29, 0.717) is 0 Å². The Morgan fingerprint density at radius 2 is 1.56 bits per heavy atom. The first kappa shape index (κ1) is 17.6. The minimum Gasteiger partial charge on any atom is -0.545 e. The number of carbonyl (C=O) groups excluding carboxylic acids is 1. The molecule has 3 heteroatoms. The molecule has 0 aromatic carbocycles. The Morgan fingerprint density at radius 3 is 1.75 bits per heavy atom. The summed E-state index contributed by atoms with van der Waals surface area (Å²) < 4.78 is 1.31. The number of rotatable bonds is 7. The third-order valence-electron chi connectivity index (χ3n) is 3.17. The van der Waals surface area contributed by atoms with Crippen LogP contribution in [0.1, 0.15) is 40.5 Å². The number of carbonyl (C=O) groups is 1. The molecule has 0 saturated heterocycles. The van der Waals surface area contributed by atoms with E-state index in [1.54, 1.807) is 0 Å².